The Morgan fingerprint density at radius 2 is 1.56 bits per heavy atom. The summed E-state index contributed by atoms with van der Waals surface area (Å²) in [5.41, 5.74) is 0. The molecule has 0 unspecified atom stereocenters. The van der Waals surface area contributed by atoms with Gasteiger partial charge in [0.2, 0.25) is 0 Å². The first-order valence-corrected chi connectivity index (χ1v) is 6.41. The Balaban J connectivity index is 2.50. The van der Waals surface area contributed by atoms with Gasteiger partial charge in [-0.3, -0.25) is 9.80 Å². The fraction of sp³-hybridized carbons (Fsp3) is 0.917. The molecule has 0 spiro atoms. The normalized spacial score (nSPS) is 19.4. The Morgan fingerprint density at radius 1 is 1.12 bits per heavy atom. The Morgan fingerprint density at radius 3 is 1.88 bits per heavy atom. The van der Waals surface area contributed by atoms with Gasteiger partial charge in [0, 0.05) is 26.2 Å². The molecule has 0 aromatic heterocycles. The minimum atomic E-state index is -0.690. The number of hydrogen-bond acceptors (Lipinski definition) is 3. The van der Waals surface area contributed by atoms with E-state index in [4.69, 9.17) is 0 Å². The molecule has 1 aliphatic heterocycles. The largest absolute Gasteiger partial charge is 0.479 e. The van der Waals surface area contributed by atoms with Crippen LogP contribution < -0.4 is 0 Å². The second-order valence-electron chi connectivity index (χ2n) is 4.49. The van der Waals surface area contributed by atoms with Crippen LogP contribution in [-0.2, 0) is 4.79 Å². The molecule has 0 saturated carbocycles. The summed E-state index contributed by atoms with van der Waals surface area (Å²) in [5.74, 6) is -0.690. The molecular formula is C12H24N2O2. The number of carboxylic acid groups (broad SMARTS) is 1. The molecule has 4 nitrogen and oxygen atoms in total. The highest BCUT2D eigenvalue weighted by Crippen LogP contribution is 2.16. The summed E-state index contributed by atoms with van der Waals surface area (Å²) in [5, 5.41) is 9.27. The Hall–Kier alpha value is -0.610. The minimum Gasteiger partial charge on any atom is -0.479 e. The van der Waals surface area contributed by atoms with Gasteiger partial charge in [0.15, 0.2) is 6.17 Å². The van der Waals surface area contributed by atoms with Crippen molar-refractivity contribution >= 4 is 5.97 Å². The van der Waals surface area contributed by atoms with Crippen molar-refractivity contribution in [3.05, 3.63) is 0 Å². The van der Waals surface area contributed by atoms with Gasteiger partial charge >= 0.3 is 5.97 Å². The van der Waals surface area contributed by atoms with Crippen molar-refractivity contribution in [3.8, 4) is 0 Å². The van der Waals surface area contributed by atoms with Gasteiger partial charge in [-0.25, -0.2) is 4.79 Å². The fourth-order valence-electron chi connectivity index (χ4n) is 2.24. The monoisotopic (exact) mass is 228 g/mol. The lowest BCUT2D eigenvalue weighted by molar-refractivity contribution is -0.147. The van der Waals surface area contributed by atoms with Gasteiger partial charge in [-0.15, -0.1) is 0 Å². The highest BCUT2D eigenvalue weighted by atomic mass is 16.4. The summed E-state index contributed by atoms with van der Waals surface area (Å²) in [6.07, 6.45) is 4.05. The molecule has 0 atom stereocenters. The molecule has 1 fully saturated rings. The number of hydrogen-bond donors (Lipinski definition) is 1. The summed E-state index contributed by atoms with van der Waals surface area (Å²) in [7, 11) is 0. The topological polar surface area (TPSA) is 43.8 Å². The zero-order valence-electron chi connectivity index (χ0n) is 10.5. The number of unbranched alkanes of at least 4 members (excludes halogenated alkanes) is 2. The van der Waals surface area contributed by atoms with Crippen molar-refractivity contribution in [2.24, 2.45) is 0 Å². The SMILES string of the molecule is CCCCN1CCN(CCCC)C1C(=O)O. The molecule has 1 rings (SSSR count). The molecule has 16 heavy (non-hydrogen) atoms. The molecule has 0 aliphatic carbocycles. The molecule has 1 saturated heterocycles. The average molecular weight is 228 g/mol. The summed E-state index contributed by atoms with van der Waals surface area (Å²) in [6.45, 7) is 7.91. The number of carboxylic acids is 1. The van der Waals surface area contributed by atoms with E-state index in [0.29, 0.717) is 0 Å². The van der Waals surface area contributed by atoms with Crippen molar-refractivity contribution in [2.45, 2.75) is 45.7 Å². The van der Waals surface area contributed by atoms with E-state index in [0.717, 1.165) is 51.9 Å². The van der Waals surface area contributed by atoms with E-state index in [1.165, 1.54) is 0 Å². The average Bonchev–Trinajstić information content (AvgIpc) is 2.66. The number of rotatable bonds is 7. The number of nitrogens with zero attached hydrogens (tertiary/aromatic N) is 2. The maximum absolute atomic E-state index is 11.3. The molecule has 0 amide bonds. The fourth-order valence-corrected chi connectivity index (χ4v) is 2.24. The van der Waals surface area contributed by atoms with Crippen molar-refractivity contribution in [2.75, 3.05) is 26.2 Å². The van der Waals surface area contributed by atoms with E-state index in [2.05, 4.69) is 23.6 Å². The summed E-state index contributed by atoms with van der Waals surface area (Å²) in [6, 6.07) is 0. The molecule has 0 radical (unpaired) electrons. The second-order valence-corrected chi connectivity index (χ2v) is 4.49. The highest BCUT2D eigenvalue weighted by Gasteiger charge is 2.36. The van der Waals surface area contributed by atoms with Gasteiger partial charge in [0.25, 0.3) is 0 Å². The van der Waals surface area contributed by atoms with E-state index >= 15 is 0 Å². The number of carbonyl (C=O) groups is 1. The molecule has 1 heterocycles. The first kappa shape index (κ1) is 13.5. The molecular weight excluding hydrogens is 204 g/mol. The van der Waals surface area contributed by atoms with Crippen LogP contribution in [-0.4, -0.2) is 53.2 Å². The zero-order valence-corrected chi connectivity index (χ0v) is 10.5. The van der Waals surface area contributed by atoms with Gasteiger partial charge in [0.1, 0.15) is 0 Å². The van der Waals surface area contributed by atoms with Crippen LogP contribution in [0.1, 0.15) is 39.5 Å². The van der Waals surface area contributed by atoms with Gasteiger partial charge in [0.05, 0.1) is 0 Å². The molecule has 0 bridgehead atoms. The van der Waals surface area contributed by atoms with E-state index in [-0.39, 0.29) is 6.17 Å². The third kappa shape index (κ3) is 3.46. The van der Waals surface area contributed by atoms with Crippen LogP contribution in [0.4, 0.5) is 0 Å². The first-order chi connectivity index (χ1) is 7.70. The molecule has 0 aromatic rings. The van der Waals surface area contributed by atoms with Crippen LogP contribution in [0.5, 0.6) is 0 Å². The van der Waals surface area contributed by atoms with Crippen LogP contribution in [0, 0.1) is 0 Å². The third-order valence-electron chi connectivity index (χ3n) is 3.18. The Labute approximate surface area is 98.2 Å². The quantitative estimate of drug-likeness (QED) is 0.719. The van der Waals surface area contributed by atoms with E-state index < -0.39 is 5.97 Å². The van der Waals surface area contributed by atoms with Gasteiger partial charge in [-0.05, 0) is 12.8 Å². The third-order valence-corrected chi connectivity index (χ3v) is 3.18. The Bertz CT molecular complexity index is 205. The molecule has 1 aliphatic rings. The second kappa shape index (κ2) is 6.86. The van der Waals surface area contributed by atoms with Crippen molar-refractivity contribution in [1.29, 1.82) is 0 Å². The van der Waals surface area contributed by atoms with Gasteiger partial charge < -0.3 is 5.11 Å². The predicted molar refractivity (Wildman–Crippen MR) is 64.4 cm³/mol. The summed E-state index contributed by atoms with van der Waals surface area (Å²) < 4.78 is 0. The smallest absolute Gasteiger partial charge is 0.336 e. The molecule has 1 N–H and O–H groups in total. The van der Waals surface area contributed by atoms with E-state index in [1.54, 1.807) is 0 Å². The van der Waals surface area contributed by atoms with Crippen LogP contribution in [0.2, 0.25) is 0 Å². The van der Waals surface area contributed by atoms with E-state index in [9.17, 15) is 9.90 Å². The summed E-state index contributed by atoms with van der Waals surface area (Å²) in [4.78, 5) is 15.5. The maximum atomic E-state index is 11.3. The number of aliphatic carboxylic acids is 1. The van der Waals surface area contributed by atoms with E-state index in [1.807, 2.05) is 0 Å². The molecule has 94 valence electrons. The van der Waals surface area contributed by atoms with Crippen LogP contribution in [0.15, 0.2) is 0 Å². The molecule has 0 aromatic carbocycles. The minimum absolute atomic E-state index is 0.377. The lowest BCUT2D eigenvalue weighted by atomic mass is 10.3. The molecule has 4 heteroatoms. The zero-order chi connectivity index (χ0) is 12.0. The van der Waals surface area contributed by atoms with Crippen LogP contribution >= 0.6 is 0 Å². The highest BCUT2D eigenvalue weighted by molar-refractivity contribution is 5.73. The van der Waals surface area contributed by atoms with Crippen LogP contribution in [0.3, 0.4) is 0 Å². The van der Waals surface area contributed by atoms with Crippen molar-refractivity contribution in [3.63, 3.8) is 0 Å². The van der Waals surface area contributed by atoms with Gasteiger partial charge in [-0.2, -0.15) is 0 Å². The van der Waals surface area contributed by atoms with Crippen molar-refractivity contribution < 1.29 is 9.90 Å². The first-order valence-electron chi connectivity index (χ1n) is 6.41. The lowest BCUT2D eigenvalue weighted by Gasteiger charge is -2.26. The maximum Gasteiger partial charge on any atom is 0.336 e. The Kier molecular flexibility index (Phi) is 5.77. The standard InChI is InChI=1S/C12H24N2O2/c1-3-5-7-13-9-10-14(8-6-4-2)11(13)12(15)16/h11H,3-10H2,1-2H3,(H,15,16). The van der Waals surface area contributed by atoms with Gasteiger partial charge in [-0.1, -0.05) is 26.7 Å². The lowest BCUT2D eigenvalue weighted by Crippen LogP contribution is -2.45. The van der Waals surface area contributed by atoms with Crippen LogP contribution in [0.25, 0.3) is 0 Å². The van der Waals surface area contributed by atoms with Crippen molar-refractivity contribution in [1.82, 2.24) is 9.80 Å². The predicted octanol–water partition coefficient (Wildman–Crippen LogP) is 1.61. The summed E-state index contributed by atoms with van der Waals surface area (Å²) >= 11 is 0.